The Labute approximate surface area is 75.9 Å². The van der Waals surface area contributed by atoms with Crippen molar-refractivity contribution in [2.45, 2.75) is 45.1 Å². The molecule has 1 nitrogen and oxygen atoms in total. The van der Waals surface area contributed by atoms with Gasteiger partial charge in [-0.2, -0.15) is 0 Å². The summed E-state index contributed by atoms with van der Waals surface area (Å²) in [5.74, 6) is 3.60. The SMILES string of the molecule is C#CCCCC1CC(C)CCN1. The number of terminal acetylenes is 1. The summed E-state index contributed by atoms with van der Waals surface area (Å²) in [5.41, 5.74) is 0. The highest BCUT2D eigenvalue weighted by Gasteiger charge is 2.16. The molecule has 0 radical (unpaired) electrons. The largest absolute Gasteiger partial charge is 0.314 e. The fourth-order valence-electron chi connectivity index (χ4n) is 1.89. The monoisotopic (exact) mass is 165 g/mol. The second kappa shape index (κ2) is 5.22. The third-order valence-corrected chi connectivity index (χ3v) is 2.63. The molecule has 68 valence electrons. The molecule has 1 saturated heterocycles. The van der Waals surface area contributed by atoms with E-state index in [1.165, 1.54) is 32.2 Å². The van der Waals surface area contributed by atoms with Gasteiger partial charge in [0.15, 0.2) is 0 Å². The first-order chi connectivity index (χ1) is 5.83. The van der Waals surface area contributed by atoms with E-state index >= 15 is 0 Å². The van der Waals surface area contributed by atoms with Crippen molar-refractivity contribution in [1.29, 1.82) is 0 Å². The van der Waals surface area contributed by atoms with Gasteiger partial charge in [-0.25, -0.2) is 0 Å². The number of rotatable bonds is 3. The molecular weight excluding hydrogens is 146 g/mol. The number of hydrogen-bond acceptors (Lipinski definition) is 1. The smallest absolute Gasteiger partial charge is 0.00866 e. The van der Waals surface area contributed by atoms with Gasteiger partial charge in [0.1, 0.15) is 0 Å². The van der Waals surface area contributed by atoms with Crippen molar-refractivity contribution in [3.8, 4) is 12.3 Å². The summed E-state index contributed by atoms with van der Waals surface area (Å²) in [6.07, 6.45) is 11.3. The van der Waals surface area contributed by atoms with Crippen LogP contribution in [-0.2, 0) is 0 Å². The van der Waals surface area contributed by atoms with E-state index in [4.69, 9.17) is 6.42 Å². The molecule has 0 amide bonds. The molecule has 12 heavy (non-hydrogen) atoms. The lowest BCUT2D eigenvalue weighted by Crippen LogP contribution is -2.37. The van der Waals surface area contributed by atoms with Crippen molar-refractivity contribution in [1.82, 2.24) is 5.32 Å². The van der Waals surface area contributed by atoms with Gasteiger partial charge in [-0.15, -0.1) is 12.3 Å². The first kappa shape index (κ1) is 9.61. The predicted molar refractivity (Wildman–Crippen MR) is 52.9 cm³/mol. The Morgan fingerprint density at radius 3 is 3.08 bits per heavy atom. The van der Waals surface area contributed by atoms with Crippen LogP contribution in [0.5, 0.6) is 0 Å². The fourth-order valence-corrected chi connectivity index (χ4v) is 1.89. The summed E-state index contributed by atoms with van der Waals surface area (Å²) in [7, 11) is 0. The Kier molecular flexibility index (Phi) is 4.18. The lowest BCUT2D eigenvalue weighted by atomic mass is 9.91. The Bertz CT molecular complexity index is 157. The summed E-state index contributed by atoms with van der Waals surface area (Å²) >= 11 is 0. The van der Waals surface area contributed by atoms with Gasteiger partial charge in [-0.05, 0) is 38.1 Å². The molecule has 0 aromatic carbocycles. The molecule has 2 unspecified atom stereocenters. The third-order valence-electron chi connectivity index (χ3n) is 2.63. The molecule has 1 rings (SSSR count). The van der Waals surface area contributed by atoms with Crippen molar-refractivity contribution in [3.05, 3.63) is 0 Å². The van der Waals surface area contributed by atoms with Gasteiger partial charge in [0.25, 0.3) is 0 Å². The molecule has 2 atom stereocenters. The van der Waals surface area contributed by atoms with Crippen LogP contribution in [0.1, 0.15) is 39.0 Å². The number of unbranched alkanes of at least 4 members (excludes halogenated alkanes) is 1. The van der Waals surface area contributed by atoms with E-state index in [-0.39, 0.29) is 0 Å². The minimum atomic E-state index is 0.738. The van der Waals surface area contributed by atoms with Crippen molar-refractivity contribution in [2.75, 3.05) is 6.54 Å². The summed E-state index contributed by atoms with van der Waals surface area (Å²) in [6.45, 7) is 3.54. The minimum Gasteiger partial charge on any atom is -0.314 e. The van der Waals surface area contributed by atoms with E-state index in [2.05, 4.69) is 18.2 Å². The Morgan fingerprint density at radius 2 is 2.42 bits per heavy atom. The highest BCUT2D eigenvalue weighted by molar-refractivity contribution is 4.84. The van der Waals surface area contributed by atoms with Crippen LogP contribution >= 0.6 is 0 Å². The first-order valence-corrected chi connectivity index (χ1v) is 4.99. The number of hydrogen-bond donors (Lipinski definition) is 1. The van der Waals surface area contributed by atoms with Crippen LogP contribution in [0.3, 0.4) is 0 Å². The molecule has 0 saturated carbocycles. The van der Waals surface area contributed by atoms with Crippen molar-refractivity contribution < 1.29 is 0 Å². The van der Waals surface area contributed by atoms with E-state index in [0.717, 1.165) is 18.4 Å². The van der Waals surface area contributed by atoms with E-state index in [1.54, 1.807) is 0 Å². The zero-order valence-electron chi connectivity index (χ0n) is 7.97. The molecule has 1 N–H and O–H groups in total. The molecular formula is C11H19N. The molecule has 0 bridgehead atoms. The van der Waals surface area contributed by atoms with Crippen molar-refractivity contribution in [2.24, 2.45) is 5.92 Å². The quantitative estimate of drug-likeness (QED) is 0.499. The first-order valence-electron chi connectivity index (χ1n) is 4.99. The van der Waals surface area contributed by atoms with Crippen LogP contribution in [0.4, 0.5) is 0 Å². The highest BCUT2D eigenvalue weighted by atomic mass is 14.9. The van der Waals surface area contributed by atoms with Crippen LogP contribution in [0.25, 0.3) is 0 Å². The average Bonchev–Trinajstić information content (AvgIpc) is 2.05. The Balaban J connectivity index is 2.11. The lowest BCUT2D eigenvalue weighted by molar-refractivity contribution is 0.305. The molecule has 1 aliphatic heterocycles. The van der Waals surface area contributed by atoms with Gasteiger partial charge in [0.2, 0.25) is 0 Å². The second-order valence-corrected chi connectivity index (χ2v) is 3.88. The van der Waals surface area contributed by atoms with Gasteiger partial charge >= 0.3 is 0 Å². The average molecular weight is 165 g/mol. The van der Waals surface area contributed by atoms with Crippen LogP contribution in [0.15, 0.2) is 0 Å². The Hall–Kier alpha value is -0.480. The van der Waals surface area contributed by atoms with Crippen molar-refractivity contribution in [3.63, 3.8) is 0 Å². The standard InChI is InChI=1S/C11H19N/c1-3-4-5-6-11-9-10(2)7-8-12-11/h1,10-12H,4-9H2,2H3. The zero-order chi connectivity index (χ0) is 8.81. The number of piperidine rings is 1. The topological polar surface area (TPSA) is 12.0 Å². The van der Waals surface area contributed by atoms with Gasteiger partial charge in [0, 0.05) is 12.5 Å². The van der Waals surface area contributed by atoms with E-state index in [0.29, 0.717) is 0 Å². The summed E-state index contributed by atoms with van der Waals surface area (Å²) in [6, 6.07) is 0.738. The highest BCUT2D eigenvalue weighted by Crippen LogP contribution is 2.18. The lowest BCUT2D eigenvalue weighted by Gasteiger charge is -2.27. The van der Waals surface area contributed by atoms with Gasteiger partial charge < -0.3 is 5.32 Å². The van der Waals surface area contributed by atoms with Crippen LogP contribution < -0.4 is 5.32 Å². The third kappa shape index (κ3) is 3.28. The maximum Gasteiger partial charge on any atom is 0.00866 e. The normalized spacial score (nSPS) is 29.7. The molecule has 1 fully saturated rings. The zero-order valence-corrected chi connectivity index (χ0v) is 7.97. The summed E-state index contributed by atoms with van der Waals surface area (Å²) in [4.78, 5) is 0. The molecule has 0 aliphatic carbocycles. The van der Waals surface area contributed by atoms with Gasteiger partial charge in [-0.1, -0.05) is 6.92 Å². The van der Waals surface area contributed by atoms with E-state index in [1.807, 2.05) is 0 Å². The van der Waals surface area contributed by atoms with Crippen molar-refractivity contribution >= 4 is 0 Å². The maximum absolute atomic E-state index is 5.20. The maximum atomic E-state index is 5.20. The summed E-state index contributed by atoms with van der Waals surface area (Å²) in [5, 5.41) is 3.54. The fraction of sp³-hybridized carbons (Fsp3) is 0.818. The minimum absolute atomic E-state index is 0.738. The van der Waals surface area contributed by atoms with Crippen LogP contribution in [-0.4, -0.2) is 12.6 Å². The van der Waals surface area contributed by atoms with E-state index in [9.17, 15) is 0 Å². The van der Waals surface area contributed by atoms with Gasteiger partial charge in [0.05, 0.1) is 0 Å². The molecule has 1 aliphatic rings. The summed E-state index contributed by atoms with van der Waals surface area (Å²) < 4.78 is 0. The molecule has 0 aromatic heterocycles. The molecule has 0 spiro atoms. The van der Waals surface area contributed by atoms with Gasteiger partial charge in [-0.3, -0.25) is 0 Å². The Morgan fingerprint density at radius 1 is 1.58 bits per heavy atom. The van der Waals surface area contributed by atoms with E-state index < -0.39 is 0 Å². The molecule has 1 heterocycles. The molecule has 1 heteroatoms. The predicted octanol–water partition coefficient (Wildman–Crippen LogP) is 2.18. The number of nitrogens with one attached hydrogen (secondary N) is 1. The van der Waals surface area contributed by atoms with Crippen LogP contribution in [0, 0.1) is 18.3 Å². The molecule has 0 aromatic rings. The second-order valence-electron chi connectivity index (χ2n) is 3.88. The van der Waals surface area contributed by atoms with Crippen LogP contribution in [0.2, 0.25) is 0 Å².